The van der Waals surface area contributed by atoms with Gasteiger partial charge in [-0.05, 0) is 12.0 Å². The fraction of sp³-hybridized carbons (Fsp3) is 0.385. The van der Waals surface area contributed by atoms with Gasteiger partial charge in [-0.2, -0.15) is 0 Å². The van der Waals surface area contributed by atoms with E-state index in [0.29, 0.717) is 19.4 Å². The van der Waals surface area contributed by atoms with Crippen molar-refractivity contribution in [2.24, 2.45) is 5.92 Å². The monoisotopic (exact) mass is 219 g/mol. The van der Waals surface area contributed by atoms with E-state index < -0.39 is 0 Å². The molecule has 0 bridgehead atoms. The Balaban J connectivity index is 2.04. The Hall–Kier alpha value is -1.48. The van der Waals surface area contributed by atoms with Crippen LogP contribution >= 0.6 is 0 Å². The Kier molecular flexibility index (Phi) is 3.47. The van der Waals surface area contributed by atoms with Crippen molar-refractivity contribution in [3.05, 3.63) is 48.5 Å². The Bertz CT molecular complexity index is 355. The minimum Gasteiger partial charge on any atom is -0.486 e. The van der Waals surface area contributed by atoms with E-state index in [0.717, 1.165) is 12.3 Å². The molecule has 0 aromatic carbocycles. The SMILES string of the molecule is C=COCN1COC2=CC=CC(C)C=C2C1. The van der Waals surface area contributed by atoms with Crippen molar-refractivity contribution in [1.29, 1.82) is 0 Å². The van der Waals surface area contributed by atoms with Gasteiger partial charge in [-0.25, -0.2) is 4.90 Å². The van der Waals surface area contributed by atoms with Crippen LogP contribution in [-0.2, 0) is 9.47 Å². The molecule has 1 atom stereocenters. The van der Waals surface area contributed by atoms with E-state index >= 15 is 0 Å². The summed E-state index contributed by atoms with van der Waals surface area (Å²) < 4.78 is 10.8. The van der Waals surface area contributed by atoms with Crippen LogP contribution in [0.25, 0.3) is 0 Å². The molecule has 2 aliphatic rings. The van der Waals surface area contributed by atoms with E-state index in [2.05, 4.69) is 36.6 Å². The summed E-state index contributed by atoms with van der Waals surface area (Å²) in [6.07, 6.45) is 9.93. The second kappa shape index (κ2) is 5.03. The minimum absolute atomic E-state index is 0.452. The first kappa shape index (κ1) is 11.0. The molecular formula is C13H17NO2. The summed E-state index contributed by atoms with van der Waals surface area (Å²) in [6, 6.07) is 0. The quantitative estimate of drug-likeness (QED) is 0.680. The van der Waals surface area contributed by atoms with E-state index in [1.807, 2.05) is 6.08 Å². The maximum atomic E-state index is 5.67. The third-order valence-corrected chi connectivity index (χ3v) is 2.61. The Labute approximate surface area is 96.3 Å². The van der Waals surface area contributed by atoms with Crippen LogP contribution < -0.4 is 0 Å². The summed E-state index contributed by atoms with van der Waals surface area (Å²) >= 11 is 0. The van der Waals surface area contributed by atoms with Gasteiger partial charge in [0.05, 0.1) is 6.26 Å². The molecule has 3 heteroatoms. The normalized spacial score (nSPS) is 24.7. The molecule has 1 unspecified atom stereocenters. The molecule has 2 rings (SSSR count). The molecule has 0 amide bonds. The summed E-state index contributed by atoms with van der Waals surface area (Å²) in [6.45, 7) is 7.65. The fourth-order valence-electron chi connectivity index (χ4n) is 1.84. The van der Waals surface area contributed by atoms with Crippen molar-refractivity contribution >= 4 is 0 Å². The van der Waals surface area contributed by atoms with Gasteiger partial charge in [0, 0.05) is 12.1 Å². The highest BCUT2D eigenvalue weighted by Gasteiger charge is 2.20. The van der Waals surface area contributed by atoms with Gasteiger partial charge in [0.1, 0.15) is 19.2 Å². The van der Waals surface area contributed by atoms with E-state index in [-0.39, 0.29) is 0 Å². The van der Waals surface area contributed by atoms with Crippen LogP contribution in [0.4, 0.5) is 0 Å². The Morgan fingerprint density at radius 1 is 1.69 bits per heavy atom. The van der Waals surface area contributed by atoms with Gasteiger partial charge in [0.2, 0.25) is 0 Å². The van der Waals surface area contributed by atoms with Crippen LogP contribution in [0.5, 0.6) is 0 Å². The van der Waals surface area contributed by atoms with Crippen molar-refractivity contribution in [3.63, 3.8) is 0 Å². The first-order chi connectivity index (χ1) is 7.79. The molecule has 0 saturated carbocycles. The van der Waals surface area contributed by atoms with Crippen molar-refractivity contribution in [1.82, 2.24) is 4.90 Å². The third kappa shape index (κ3) is 2.55. The van der Waals surface area contributed by atoms with Gasteiger partial charge < -0.3 is 9.47 Å². The van der Waals surface area contributed by atoms with Gasteiger partial charge in [-0.15, -0.1) is 0 Å². The van der Waals surface area contributed by atoms with Gasteiger partial charge in [0.15, 0.2) is 0 Å². The molecule has 1 fully saturated rings. The van der Waals surface area contributed by atoms with Gasteiger partial charge in [-0.1, -0.05) is 31.7 Å². The number of hydrogen-bond acceptors (Lipinski definition) is 3. The zero-order valence-corrected chi connectivity index (χ0v) is 9.56. The summed E-state index contributed by atoms with van der Waals surface area (Å²) in [7, 11) is 0. The summed E-state index contributed by atoms with van der Waals surface area (Å²) in [5.74, 6) is 1.43. The van der Waals surface area contributed by atoms with E-state index in [1.165, 1.54) is 11.8 Å². The average Bonchev–Trinajstić information content (AvgIpc) is 2.46. The Morgan fingerprint density at radius 2 is 2.56 bits per heavy atom. The molecule has 1 aliphatic heterocycles. The highest BCUT2D eigenvalue weighted by atomic mass is 16.5. The zero-order chi connectivity index (χ0) is 11.4. The lowest BCUT2D eigenvalue weighted by Gasteiger charge is -2.30. The summed E-state index contributed by atoms with van der Waals surface area (Å²) in [5.41, 5.74) is 1.23. The average molecular weight is 219 g/mol. The molecule has 0 radical (unpaired) electrons. The standard InChI is InChI=1S/C13H17NO2/c1-3-15-9-14-8-12-7-11(2)5-4-6-13(12)16-10-14/h3-7,11H,1,8-10H2,2H3. The molecular weight excluding hydrogens is 202 g/mol. The van der Waals surface area contributed by atoms with Crippen molar-refractivity contribution in [2.45, 2.75) is 6.92 Å². The zero-order valence-electron chi connectivity index (χ0n) is 9.56. The van der Waals surface area contributed by atoms with E-state index in [4.69, 9.17) is 9.47 Å². The Morgan fingerprint density at radius 3 is 3.38 bits per heavy atom. The smallest absolute Gasteiger partial charge is 0.144 e. The minimum atomic E-state index is 0.452. The summed E-state index contributed by atoms with van der Waals surface area (Å²) in [5, 5.41) is 0. The fourth-order valence-corrected chi connectivity index (χ4v) is 1.84. The molecule has 0 aromatic heterocycles. The lowest BCUT2D eigenvalue weighted by Crippen LogP contribution is -2.35. The topological polar surface area (TPSA) is 21.7 Å². The highest BCUT2D eigenvalue weighted by molar-refractivity contribution is 5.35. The van der Waals surface area contributed by atoms with Crippen LogP contribution in [-0.4, -0.2) is 24.9 Å². The van der Waals surface area contributed by atoms with Gasteiger partial charge in [0.25, 0.3) is 0 Å². The predicted octanol–water partition coefficient (Wildman–Crippen LogP) is 2.41. The molecule has 3 nitrogen and oxygen atoms in total. The second-order valence-electron chi connectivity index (χ2n) is 4.03. The third-order valence-electron chi connectivity index (χ3n) is 2.61. The lowest BCUT2D eigenvalue weighted by atomic mass is 10.1. The van der Waals surface area contributed by atoms with Gasteiger partial charge >= 0.3 is 0 Å². The first-order valence-electron chi connectivity index (χ1n) is 5.47. The number of hydrogen-bond donors (Lipinski definition) is 0. The van der Waals surface area contributed by atoms with Crippen molar-refractivity contribution in [3.8, 4) is 0 Å². The number of fused-ring (bicyclic) bond motifs is 1. The summed E-state index contributed by atoms with van der Waals surface area (Å²) in [4.78, 5) is 2.09. The molecule has 1 heterocycles. The van der Waals surface area contributed by atoms with E-state index in [9.17, 15) is 0 Å². The van der Waals surface area contributed by atoms with Crippen LogP contribution in [0, 0.1) is 5.92 Å². The lowest BCUT2D eigenvalue weighted by molar-refractivity contribution is -0.00530. The maximum absolute atomic E-state index is 5.67. The maximum Gasteiger partial charge on any atom is 0.144 e. The van der Waals surface area contributed by atoms with Gasteiger partial charge in [-0.3, -0.25) is 0 Å². The van der Waals surface area contributed by atoms with Crippen molar-refractivity contribution < 1.29 is 9.47 Å². The number of allylic oxidation sites excluding steroid dienone is 4. The second-order valence-corrected chi connectivity index (χ2v) is 4.03. The molecule has 0 N–H and O–H groups in total. The molecule has 1 aliphatic carbocycles. The highest BCUT2D eigenvalue weighted by Crippen LogP contribution is 2.23. The van der Waals surface area contributed by atoms with Crippen LogP contribution in [0.2, 0.25) is 0 Å². The van der Waals surface area contributed by atoms with Crippen LogP contribution in [0.3, 0.4) is 0 Å². The van der Waals surface area contributed by atoms with Crippen LogP contribution in [0.1, 0.15) is 6.92 Å². The number of rotatable bonds is 3. The molecule has 0 aromatic rings. The van der Waals surface area contributed by atoms with Crippen molar-refractivity contribution in [2.75, 3.05) is 20.0 Å². The first-order valence-corrected chi connectivity index (χ1v) is 5.47. The molecule has 86 valence electrons. The largest absolute Gasteiger partial charge is 0.486 e. The molecule has 1 saturated heterocycles. The van der Waals surface area contributed by atoms with E-state index in [1.54, 1.807) is 0 Å². The predicted molar refractivity (Wildman–Crippen MR) is 63.3 cm³/mol. The molecule has 0 spiro atoms. The number of nitrogens with zero attached hydrogens (tertiary/aromatic N) is 1. The molecule has 16 heavy (non-hydrogen) atoms. The number of ether oxygens (including phenoxy) is 2. The van der Waals surface area contributed by atoms with Crippen LogP contribution in [0.15, 0.2) is 48.5 Å².